The van der Waals surface area contributed by atoms with Gasteiger partial charge in [-0.15, -0.1) is 0 Å². The molecular formula is C51H92O6. The summed E-state index contributed by atoms with van der Waals surface area (Å²) in [6, 6.07) is 0. The van der Waals surface area contributed by atoms with Crippen LogP contribution in [-0.4, -0.2) is 37.2 Å². The van der Waals surface area contributed by atoms with Gasteiger partial charge in [0.15, 0.2) is 6.10 Å². The molecule has 0 saturated heterocycles. The molecule has 0 amide bonds. The second kappa shape index (κ2) is 46.3. The molecule has 0 aliphatic carbocycles. The van der Waals surface area contributed by atoms with Crippen molar-refractivity contribution in [2.45, 2.75) is 258 Å². The van der Waals surface area contributed by atoms with Gasteiger partial charge in [-0.3, -0.25) is 14.4 Å². The van der Waals surface area contributed by atoms with E-state index < -0.39 is 6.10 Å². The number of allylic oxidation sites excluding steroid dienone is 6. The van der Waals surface area contributed by atoms with Crippen molar-refractivity contribution in [3.05, 3.63) is 36.5 Å². The predicted molar refractivity (Wildman–Crippen MR) is 242 cm³/mol. The van der Waals surface area contributed by atoms with E-state index in [-0.39, 0.29) is 31.1 Å². The highest BCUT2D eigenvalue weighted by atomic mass is 16.6. The molecule has 332 valence electrons. The van der Waals surface area contributed by atoms with Crippen LogP contribution in [0, 0.1) is 0 Å². The maximum atomic E-state index is 12.7. The summed E-state index contributed by atoms with van der Waals surface area (Å²) in [5.74, 6) is -0.892. The number of hydrogen-bond donors (Lipinski definition) is 0. The number of carbonyl (C=O) groups excluding carboxylic acids is 3. The first-order valence-corrected chi connectivity index (χ1v) is 24.5. The highest BCUT2D eigenvalue weighted by Crippen LogP contribution is 2.14. The zero-order valence-electron chi connectivity index (χ0n) is 37.9. The van der Waals surface area contributed by atoms with E-state index in [2.05, 4.69) is 57.2 Å². The minimum atomic E-state index is -0.774. The summed E-state index contributed by atoms with van der Waals surface area (Å²) in [4.78, 5) is 37.7. The second-order valence-corrected chi connectivity index (χ2v) is 16.4. The van der Waals surface area contributed by atoms with Crippen molar-refractivity contribution in [1.29, 1.82) is 0 Å². The number of ether oxygens (including phenoxy) is 3. The number of unbranched alkanes of at least 4 members (excludes halogenated alkanes) is 27. The lowest BCUT2D eigenvalue weighted by atomic mass is 10.1. The number of carbonyl (C=O) groups is 3. The maximum Gasteiger partial charge on any atom is 0.306 e. The average molecular weight is 801 g/mol. The number of esters is 3. The van der Waals surface area contributed by atoms with Crippen LogP contribution in [0.5, 0.6) is 0 Å². The van der Waals surface area contributed by atoms with Crippen molar-refractivity contribution in [1.82, 2.24) is 0 Å². The van der Waals surface area contributed by atoms with Crippen molar-refractivity contribution in [3.63, 3.8) is 0 Å². The third-order valence-electron chi connectivity index (χ3n) is 10.6. The molecule has 6 heteroatoms. The monoisotopic (exact) mass is 801 g/mol. The van der Waals surface area contributed by atoms with Crippen LogP contribution in [0.2, 0.25) is 0 Å². The van der Waals surface area contributed by atoms with Crippen LogP contribution in [-0.2, 0) is 28.6 Å². The van der Waals surface area contributed by atoms with E-state index in [0.717, 1.165) is 77.0 Å². The molecule has 0 bridgehead atoms. The predicted octanol–water partition coefficient (Wildman–Crippen LogP) is 15.8. The summed E-state index contributed by atoms with van der Waals surface area (Å²) in [6.45, 7) is 6.57. The molecule has 0 aromatic heterocycles. The molecule has 57 heavy (non-hydrogen) atoms. The van der Waals surface area contributed by atoms with Gasteiger partial charge in [-0.1, -0.05) is 192 Å². The summed E-state index contributed by atoms with van der Waals surface area (Å²) >= 11 is 0. The largest absolute Gasteiger partial charge is 0.462 e. The van der Waals surface area contributed by atoms with Crippen LogP contribution < -0.4 is 0 Å². The van der Waals surface area contributed by atoms with E-state index >= 15 is 0 Å². The molecule has 1 unspecified atom stereocenters. The highest BCUT2D eigenvalue weighted by Gasteiger charge is 2.19. The number of rotatable bonds is 44. The van der Waals surface area contributed by atoms with Gasteiger partial charge in [0.1, 0.15) is 13.2 Å². The fourth-order valence-corrected chi connectivity index (χ4v) is 6.88. The standard InChI is InChI=1S/C51H92O6/c1-4-7-10-13-16-19-21-23-25-26-27-29-30-32-35-38-41-44-50(53)56-47-48(46-55-49(52)43-40-37-34-18-15-12-9-6-3)57-51(54)45-42-39-36-33-31-28-24-22-20-17-14-11-8-5-2/h16,19,22-25,48H,4-15,17-18,20-21,26-47H2,1-3H3/b19-16-,24-22-,25-23-. The van der Waals surface area contributed by atoms with Gasteiger partial charge in [0.25, 0.3) is 0 Å². The first-order chi connectivity index (χ1) is 28.0. The van der Waals surface area contributed by atoms with Crippen molar-refractivity contribution >= 4 is 17.9 Å². The first-order valence-electron chi connectivity index (χ1n) is 24.5. The molecule has 0 radical (unpaired) electrons. The van der Waals surface area contributed by atoms with Gasteiger partial charge in [-0.2, -0.15) is 0 Å². The lowest BCUT2D eigenvalue weighted by molar-refractivity contribution is -0.167. The molecule has 0 saturated carbocycles. The lowest BCUT2D eigenvalue weighted by Crippen LogP contribution is -2.30. The van der Waals surface area contributed by atoms with Crippen LogP contribution in [0.15, 0.2) is 36.5 Å². The normalized spacial score (nSPS) is 12.3. The topological polar surface area (TPSA) is 78.9 Å². The molecule has 0 rings (SSSR count). The molecule has 0 aliphatic heterocycles. The Labute approximate surface area is 353 Å². The zero-order chi connectivity index (χ0) is 41.5. The summed E-state index contributed by atoms with van der Waals surface area (Å²) in [7, 11) is 0. The Hall–Kier alpha value is -2.37. The highest BCUT2D eigenvalue weighted by molar-refractivity contribution is 5.71. The van der Waals surface area contributed by atoms with Crippen molar-refractivity contribution in [2.75, 3.05) is 13.2 Å². The summed E-state index contributed by atoms with van der Waals surface area (Å²) in [5, 5.41) is 0. The van der Waals surface area contributed by atoms with E-state index in [4.69, 9.17) is 14.2 Å². The summed E-state index contributed by atoms with van der Waals surface area (Å²) < 4.78 is 16.7. The average Bonchev–Trinajstić information content (AvgIpc) is 3.21. The molecule has 0 spiro atoms. The Morgan fingerprint density at radius 2 is 0.632 bits per heavy atom. The molecular weight excluding hydrogens is 709 g/mol. The van der Waals surface area contributed by atoms with Gasteiger partial charge < -0.3 is 14.2 Å². The van der Waals surface area contributed by atoms with Crippen LogP contribution in [0.1, 0.15) is 252 Å². The zero-order valence-corrected chi connectivity index (χ0v) is 37.9. The molecule has 0 aromatic rings. The molecule has 0 heterocycles. The Morgan fingerprint density at radius 1 is 0.351 bits per heavy atom. The van der Waals surface area contributed by atoms with E-state index in [1.807, 2.05) is 0 Å². The Morgan fingerprint density at radius 3 is 1.02 bits per heavy atom. The van der Waals surface area contributed by atoms with E-state index in [1.165, 1.54) is 135 Å². The Balaban J connectivity index is 4.31. The van der Waals surface area contributed by atoms with Crippen molar-refractivity contribution in [3.8, 4) is 0 Å². The van der Waals surface area contributed by atoms with E-state index in [0.29, 0.717) is 19.3 Å². The maximum absolute atomic E-state index is 12.7. The first kappa shape index (κ1) is 54.6. The third-order valence-corrected chi connectivity index (χ3v) is 10.6. The quantitative estimate of drug-likeness (QED) is 0.0264. The molecule has 0 aliphatic rings. The third kappa shape index (κ3) is 44.6. The van der Waals surface area contributed by atoms with Gasteiger partial charge in [-0.25, -0.2) is 0 Å². The van der Waals surface area contributed by atoms with Gasteiger partial charge >= 0.3 is 17.9 Å². The van der Waals surface area contributed by atoms with Crippen LogP contribution in [0.25, 0.3) is 0 Å². The molecule has 0 N–H and O–H groups in total. The minimum Gasteiger partial charge on any atom is -0.462 e. The van der Waals surface area contributed by atoms with E-state index in [9.17, 15) is 14.4 Å². The van der Waals surface area contributed by atoms with Gasteiger partial charge in [0.2, 0.25) is 0 Å². The van der Waals surface area contributed by atoms with Gasteiger partial charge in [0.05, 0.1) is 0 Å². The van der Waals surface area contributed by atoms with Crippen LogP contribution >= 0.6 is 0 Å². The lowest BCUT2D eigenvalue weighted by Gasteiger charge is -2.18. The Bertz CT molecular complexity index is 969. The summed E-state index contributed by atoms with van der Waals surface area (Å²) in [6.07, 6.45) is 52.7. The fourth-order valence-electron chi connectivity index (χ4n) is 6.88. The summed E-state index contributed by atoms with van der Waals surface area (Å²) in [5.41, 5.74) is 0. The van der Waals surface area contributed by atoms with E-state index in [1.54, 1.807) is 0 Å². The SMILES string of the molecule is CCCCC/C=C\C/C=C\CCCCCCCCCC(=O)OCC(COC(=O)CCCCCCCCCC)OC(=O)CCCCCCC/C=C\CCCCCCC. The van der Waals surface area contributed by atoms with Crippen molar-refractivity contribution < 1.29 is 28.6 Å². The van der Waals surface area contributed by atoms with Crippen LogP contribution in [0.4, 0.5) is 0 Å². The van der Waals surface area contributed by atoms with Crippen molar-refractivity contribution in [2.24, 2.45) is 0 Å². The van der Waals surface area contributed by atoms with Gasteiger partial charge in [-0.05, 0) is 77.0 Å². The fraction of sp³-hybridized carbons (Fsp3) is 0.824. The van der Waals surface area contributed by atoms with Gasteiger partial charge in [0, 0.05) is 19.3 Å². The molecule has 6 nitrogen and oxygen atoms in total. The smallest absolute Gasteiger partial charge is 0.306 e. The Kier molecular flexibility index (Phi) is 44.4. The molecule has 0 aromatic carbocycles. The molecule has 0 fully saturated rings. The minimum absolute atomic E-state index is 0.0763. The molecule has 1 atom stereocenters. The number of hydrogen-bond acceptors (Lipinski definition) is 6. The second-order valence-electron chi connectivity index (χ2n) is 16.4. The van der Waals surface area contributed by atoms with Crippen LogP contribution in [0.3, 0.4) is 0 Å².